The first-order valence-corrected chi connectivity index (χ1v) is 14.4. The van der Waals surface area contributed by atoms with Crippen LogP contribution in [0.4, 0.5) is 0 Å². The standard InChI is InChI=1S/C29H41NO5S/c1-8-15-27(4,5)29(7,9-2)17-18-35-26(32)23-13-11-10-12-22(23)25(31)30-24-19-21(3)14-16-28(24,6)20-36(30,33)34/h8-13,21,24H,1-2,14-20H2,3-7H3/t21?,24?,28?,29-/m1/s1. The van der Waals surface area contributed by atoms with Crippen molar-refractivity contribution < 1.29 is 22.7 Å². The summed E-state index contributed by atoms with van der Waals surface area (Å²) in [5, 5.41) is 0. The second kappa shape index (κ2) is 10.2. The molecule has 3 unspecified atom stereocenters. The van der Waals surface area contributed by atoms with Crippen LogP contribution >= 0.6 is 0 Å². The SMILES string of the molecule is C=CCC(C)(C)[C@](C)(C=C)CCOC(=O)c1ccccc1C(=O)N1C2CC(C)CCC2(C)CS1(=O)=O. The summed E-state index contributed by atoms with van der Waals surface area (Å²) in [6.07, 6.45) is 7.44. The van der Waals surface area contributed by atoms with E-state index in [4.69, 9.17) is 4.74 Å². The van der Waals surface area contributed by atoms with Crippen LogP contribution in [0, 0.1) is 22.2 Å². The Morgan fingerprint density at radius 1 is 1.19 bits per heavy atom. The first-order valence-electron chi connectivity index (χ1n) is 12.8. The van der Waals surface area contributed by atoms with E-state index in [1.165, 1.54) is 12.1 Å². The lowest BCUT2D eigenvalue weighted by molar-refractivity contribution is 0.0376. The molecule has 0 N–H and O–H groups in total. The quantitative estimate of drug-likeness (QED) is 0.297. The molecule has 1 aliphatic heterocycles. The van der Waals surface area contributed by atoms with Crippen molar-refractivity contribution >= 4 is 21.9 Å². The van der Waals surface area contributed by atoms with Crippen LogP contribution in [0.25, 0.3) is 0 Å². The van der Waals surface area contributed by atoms with E-state index in [0.717, 1.165) is 23.6 Å². The van der Waals surface area contributed by atoms with E-state index >= 15 is 0 Å². The van der Waals surface area contributed by atoms with Crippen LogP contribution in [-0.4, -0.2) is 43.0 Å². The zero-order chi connectivity index (χ0) is 26.9. The Bertz CT molecular complexity index is 1140. The number of sulfonamides is 1. The molecule has 198 valence electrons. The van der Waals surface area contributed by atoms with Crippen LogP contribution in [0.15, 0.2) is 49.6 Å². The highest BCUT2D eigenvalue weighted by molar-refractivity contribution is 7.90. The van der Waals surface area contributed by atoms with Gasteiger partial charge in [-0.2, -0.15) is 0 Å². The minimum absolute atomic E-state index is 0.0453. The molecule has 6 nitrogen and oxygen atoms in total. The van der Waals surface area contributed by atoms with Gasteiger partial charge >= 0.3 is 5.97 Å². The largest absolute Gasteiger partial charge is 0.462 e. The highest BCUT2D eigenvalue weighted by Crippen LogP contribution is 2.49. The number of ether oxygens (including phenoxy) is 1. The smallest absolute Gasteiger partial charge is 0.338 e. The number of fused-ring (bicyclic) bond motifs is 1. The maximum absolute atomic E-state index is 13.7. The Hall–Kier alpha value is -2.41. The molecule has 1 aromatic carbocycles. The van der Waals surface area contributed by atoms with Gasteiger partial charge in [0.15, 0.2) is 0 Å². The number of amides is 1. The van der Waals surface area contributed by atoms with Gasteiger partial charge < -0.3 is 4.74 Å². The minimum Gasteiger partial charge on any atom is -0.462 e. The van der Waals surface area contributed by atoms with E-state index in [9.17, 15) is 18.0 Å². The molecule has 0 aromatic heterocycles. The van der Waals surface area contributed by atoms with Crippen LogP contribution in [-0.2, 0) is 14.8 Å². The van der Waals surface area contributed by atoms with Gasteiger partial charge in [-0.15, -0.1) is 13.2 Å². The molecule has 0 spiro atoms. The maximum atomic E-state index is 13.7. The van der Waals surface area contributed by atoms with Crippen molar-refractivity contribution in [2.75, 3.05) is 12.4 Å². The van der Waals surface area contributed by atoms with Crippen LogP contribution in [0.5, 0.6) is 0 Å². The molecule has 1 aromatic rings. The highest BCUT2D eigenvalue weighted by Gasteiger charge is 2.56. The second-order valence-electron chi connectivity index (χ2n) is 11.8. The summed E-state index contributed by atoms with van der Waals surface area (Å²) in [5.41, 5.74) is -0.760. The number of benzene rings is 1. The molecule has 36 heavy (non-hydrogen) atoms. The summed E-state index contributed by atoms with van der Waals surface area (Å²) in [6, 6.07) is 5.93. The van der Waals surface area contributed by atoms with E-state index in [1.807, 2.05) is 19.1 Å². The third-order valence-electron chi connectivity index (χ3n) is 8.82. The van der Waals surface area contributed by atoms with E-state index < -0.39 is 33.4 Å². The van der Waals surface area contributed by atoms with Gasteiger partial charge in [0.05, 0.1) is 29.5 Å². The Morgan fingerprint density at radius 3 is 2.44 bits per heavy atom. The number of carbonyl (C=O) groups excluding carboxylic acids is 2. The summed E-state index contributed by atoms with van der Waals surface area (Å²) in [4.78, 5) is 26.8. The van der Waals surface area contributed by atoms with Gasteiger partial charge in [-0.3, -0.25) is 4.79 Å². The molecule has 1 saturated carbocycles. The number of carbonyl (C=O) groups is 2. The van der Waals surface area contributed by atoms with Crippen molar-refractivity contribution in [2.45, 2.75) is 72.8 Å². The number of hydrogen-bond acceptors (Lipinski definition) is 5. The summed E-state index contributed by atoms with van der Waals surface area (Å²) < 4.78 is 33.0. The maximum Gasteiger partial charge on any atom is 0.338 e. The van der Waals surface area contributed by atoms with Crippen molar-refractivity contribution in [3.63, 3.8) is 0 Å². The van der Waals surface area contributed by atoms with Crippen molar-refractivity contribution in [3.05, 3.63) is 60.7 Å². The molecule has 7 heteroatoms. The normalized spacial score (nSPS) is 27.0. The summed E-state index contributed by atoms with van der Waals surface area (Å²) >= 11 is 0. The van der Waals surface area contributed by atoms with Crippen molar-refractivity contribution in [3.8, 4) is 0 Å². The number of allylic oxidation sites excluding steroid dienone is 2. The van der Waals surface area contributed by atoms with E-state index in [0.29, 0.717) is 18.8 Å². The molecule has 1 saturated heterocycles. The van der Waals surface area contributed by atoms with Gasteiger partial charge in [-0.05, 0) is 54.6 Å². The summed E-state index contributed by atoms with van der Waals surface area (Å²) in [6.45, 7) is 18.4. The zero-order valence-electron chi connectivity index (χ0n) is 22.4. The molecule has 1 amide bonds. The monoisotopic (exact) mass is 515 g/mol. The Morgan fingerprint density at radius 2 is 1.83 bits per heavy atom. The van der Waals surface area contributed by atoms with Crippen LogP contribution in [0.3, 0.4) is 0 Å². The predicted molar refractivity (Wildman–Crippen MR) is 143 cm³/mol. The third kappa shape index (κ3) is 5.17. The van der Waals surface area contributed by atoms with Gasteiger partial charge in [0.25, 0.3) is 5.91 Å². The Balaban J connectivity index is 1.82. The average Bonchev–Trinajstić information content (AvgIpc) is 3.02. The van der Waals surface area contributed by atoms with Gasteiger partial charge in [0.2, 0.25) is 10.0 Å². The van der Waals surface area contributed by atoms with Crippen LogP contribution < -0.4 is 0 Å². The fraction of sp³-hybridized carbons (Fsp3) is 0.586. The van der Waals surface area contributed by atoms with Crippen molar-refractivity contribution in [1.29, 1.82) is 0 Å². The van der Waals surface area contributed by atoms with E-state index in [1.54, 1.807) is 12.1 Å². The van der Waals surface area contributed by atoms with Crippen LogP contribution in [0.2, 0.25) is 0 Å². The number of nitrogens with zero attached hydrogens (tertiary/aromatic N) is 1. The third-order valence-corrected chi connectivity index (χ3v) is 10.9. The molecule has 4 atom stereocenters. The average molecular weight is 516 g/mol. The lowest BCUT2D eigenvalue weighted by Crippen LogP contribution is -2.46. The lowest BCUT2D eigenvalue weighted by Gasteiger charge is -2.42. The number of rotatable bonds is 9. The van der Waals surface area contributed by atoms with E-state index in [-0.39, 0.29) is 34.3 Å². The number of esters is 1. The molecule has 2 aliphatic rings. The topological polar surface area (TPSA) is 80.8 Å². The van der Waals surface area contributed by atoms with Gasteiger partial charge in [0.1, 0.15) is 0 Å². The van der Waals surface area contributed by atoms with Gasteiger partial charge in [-0.1, -0.05) is 65.3 Å². The van der Waals surface area contributed by atoms with Gasteiger partial charge in [0, 0.05) is 5.41 Å². The summed E-state index contributed by atoms with van der Waals surface area (Å²) in [5.74, 6) is -0.996. The van der Waals surface area contributed by atoms with Crippen molar-refractivity contribution in [1.82, 2.24) is 4.31 Å². The first kappa shape index (κ1) is 28.2. The molecule has 1 aliphatic carbocycles. The zero-order valence-corrected chi connectivity index (χ0v) is 23.2. The second-order valence-corrected chi connectivity index (χ2v) is 13.7. The van der Waals surface area contributed by atoms with Crippen LogP contribution in [0.1, 0.15) is 87.4 Å². The Labute approximate surface area is 216 Å². The van der Waals surface area contributed by atoms with Crippen molar-refractivity contribution in [2.24, 2.45) is 22.2 Å². The number of hydrogen-bond donors (Lipinski definition) is 0. The first-order chi connectivity index (χ1) is 16.7. The highest BCUT2D eigenvalue weighted by atomic mass is 32.2. The Kier molecular flexibility index (Phi) is 7.95. The summed E-state index contributed by atoms with van der Waals surface area (Å²) in [7, 11) is -3.79. The molecular weight excluding hydrogens is 474 g/mol. The lowest BCUT2D eigenvalue weighted by atomic mass is 9.63. The molecule has 1 heterocycles. The predicted octanol–water partition coefficient (Wildman–Crippen LogP) is 6.01. The molecule has 0 radical (unpaired) electrons. The fourth-order valence-corrected chi connectivity index (χ4v) is 8.12. The molecule has 2 fully saturated rings. The van der Waals surface area contributed by atoms with E-state index in [2.05, 4.69) is 40.9 Å². The minimum atomic E-state index is -3.79. The molecule has 3 rings (SSSR count). The fourth-order valence-electron chi connectivity index (χ4n) is 5.73. The molecule has 0 bridgehead atoms. The molecular formula is C29H41NO5S. The van der Waals surface area contributed by atoms with Gasteiger partial charge in [-0.25, -0.2) is 17.5 Å².